The van der Waals surface area contributed by atoms with Crippen LogP contribution in [-0.2, 0) is 31.9 Å². The van der Waals surface area contributed by atoms with Crippen molar-refractivity contribution < 1.29 is 25.8 Å². The molecule has 0 unspecified atom stereocenters. The molecule has 59 heavy (non-hydrogen) atoms. The smallest absolute Gasteiger partial charge is 0.135 e. The number of thiophene rings is 1. The Bertz CT molecular complexity index is 3070. The maximum absolute atomic E-state index is 6.67. The molecule has 3 aromatic heterocycles. The molecule has 1 aliphatic heterocycles. The number of anilines is 4. The summed E-state index contributed by atoms with van der Waals surface area (Å²) in [4.78, 5) is 9.46. The van der Waals surface area contributed by atoms with Crippen LogP contribution in [0.15, 0.2) is 121 Å². The number of nitrogens with zero attached hydrogens (tertiary/aromatic N) is 4. The standard InChI is InChI=1S/C52H45N4OS.Pt/c1-32-26-35(52(6,7)8)27-33(2)49(32)55-31-54(42-17-10-11-18-43(42)55)36-14-13-15-37(29-36)57-38-20-21-41-45(30-38)56(47-28-34(24-25-53-47)51(3,4)5)44-23-22-40-39-16-9-12-19-46(39)58-50(40)48(41)44;/h9-28,31H,1-8H3;/q-3;. The zero-order valence-electron chi connectivity index (χ0n) is 34.5. The van der Waals surface area contributed by atoms with Crippen LogP contribution in [0.1, 0.15) is 63.8 Å². The van der Waals surface area contributed by atoms with Gasteiger partial charge < -0.3 is 19.1 Å². The third-order valence-corrected chi connectivity index (χ3v) is 12.7. The van der Waals surface area contributed by atoms with Crippen LogP contribution in [0.3, 0.4) is 0 Å². The third-order valence-electron chi connectivity index (χ3n) is 11.5. The van der Waals surface area contributed by atoms with Crippen molar-refractivity contribution in [3.63, 3.8) is 0 Å². The van der Waals surface area contributed by atoms with E-state index in [9.17, 15) is 0 Å². The summed E-state index contributed by atoms with van der Waals surface area (Å²) >= 11 is 1.84. The molecule has 0 N–H and O–H groups in total. The van der Waals surface area contributed by atoms with Gasteiger partial charge in [-0.15, -0.1) is 59.4 Å². The van der Waals surface area contributed by atoms with E-state index in [0.717, 1.165) is 39.3 Å². The van der Waals surface area contributed by atoms with Crippen LogP contribution < -0.4 is 14.5 Å². The maximum Gasteiger partial charge on any atom is 0.135 e. The molecule has 0 aliphatic carbocycles. The summed E-state index contributed by atoms with van der Waals surface area (Å²) in [5, 5.41) is 4.87. The molecule has 1 aliphatic rings. The predicted molar refractivity (Wildman–Crippen MR) is 244 cm³/mol. The Morgan fingerprint density at radius 1 is 0.644 bits per heavy atom. The van der Waals surface area contributed by atoms with E-state index in [1.54, 1.807) is 0 Å². The van der Waals surface area contributed by atoms with E-state index in [0.29, 0.717) is 11.5 Å². The number of hydrogen-bond acceptors (Lipinski definition) is 5. The van der Waals surface area contributed by atoms with Crippen molar-refractivity contribution in [1.29, 1.82) is 0 Å². The fourth-order valence-corrected chi connectivity index (χ4v) is 9.76. The van der Waals surface area contributed by atoms with Gasteiger partial charge in [0.2, 0.25) is 0 Å². The number of hydrogen-bond donors (Lipinski definition) is 0. The van der Waals surface area contributed by atoms with Gasteiger partial charge in [-0.1, -0.05) is 95.6 Å². The SMILES string of the molecule is Cc1cc(C(C)(C)C)cc(C)c1N1[CH-]N(c2[c-]c(Oc3[c-]c4c(cc3)c3c5sc6ccccc6c5ccc3n4-c3cc(C(C)(C)C)ccn3)ccc2)c2ccccc21.[Pt]. The summed E-state index contributed by atoms with van der Waals surface area (Å²) in [6.07, 6.45) is 1.92. The van der Waals surface area contributed by atoms with Crippen LogP contribution in [0.5, 0.6) is 11.5 Å². The van der Waals surface area contributed by atoms with Gasteiger partial charge in [0.1, 0.15) is 5.82 Å². The van der Waals surface area contributed by atoms with E-state index < -0.39 is 0 Å². The van der Waals surface area contributed by atoms with Crippen molar-refractivity contribution in [3.8, 4) is 17.3 Å². The van der Waals surface area contributed by atoms with Gasteiger partial charge in [-0.25, -0.2) is 4.98 Å². The number of ether oxygens (including phenoxy) is 1. The largest absolute Gasteiger partial charge is 0.509 e. The van der Waals surface area contributed by atoms with Gasteiger partial charge in [0, 0.05) is 81.5 Å². The molecule has 298 valence electrons. The summed E-state index contributed by atoms with van der Waals surface area (Å²) in [6.45, 7) is 20.1. The number of benzene rings is 6. The molecule has 10 rings (SSSR count). The van der Waals surface area contributed by atoms with Crippen LogP contribution in [0, 0.1) is 32.6 Å². The van der Waals surface area contributed by atoms with E-state index >= 15 is 0 Å². The van der Waals surface area contributed by atoms with Gasteiger partial charge in [0.05, 0.1) is 0 Å². The molecule has 0 bridgehead atoms. The van der Waals surface area contributed by atoms with E-state index in [4.69, 9.17) is 9.72 Å². The number of rotatable bonds is 5. The number of aryl methyl sites for hydroxylation is 2. The van der Waals surface area contributed by atoms with Gasteiger partial charge in [0.25, 0.3) is 0 Å². The van der Waals surface area contributed by atoms with Crippen LogP contribution in [0.2, 0.25) is 0 Å². The second-order valence-corrected chi connectivity index (χ2v) is 18.6. The topological polar surface area (TPSA) is 33.5 Å². The predicted octanol–water partition coefficient (Wildman–Crippen LogP) is 14.6. The van der Waals surface area contributed by atoms with Crippen molar-refractivity contribution >= 4 is 76.1 Å². The first-order valence-corrected chi connectivity index (χ1v) is 20.8. The summed E-state index contributed by atoms with van der Waals surface area (Å²) in [7, 11) is 0. The molecule has 0 saturated heterocycles. The summed E-state index contributed by atoms with van der Waals surface area (Å²) in [6, 6.07) is 48.3. The Kier molecular flexibility index (Phi) is 9.53. The first-order chi connectivity index (χ1) is 27.8. The molecule has 7 heteroatoms. The first kappa shape index (κ1) is 39.1. The van der Waals surface area contributed by atoms with Crippen LogP contribution in [0.4, 0.5) is 22.7 Å². The van der Waals surface area contributed by atoms with Gasteiger partial charge in [0.15, 0.2) is 0 Å². The minimum Gasteiger partial charge on any atom is -0.509 e. The van der Waals surface area contributed by atoms with Crippen LogP contribution >= 0.6 is 11.3 Å². The molecule has 0 fully saturated rings. The fourth-order valence-electron chi connectivity index (χ4n) is 8.50. The Labute approximate surface area is 365 Å². The van der Waals surface area contributed by atoms with Gasteiger partial charge in [-0.05, 0) is 88.7 Å². The Morgan fingerprint density at radius 2 is 1.32 bits per heavy atom. The summed E-state index contributed by atoms with van der Waals surface area (Å²) < 4.78 is 11.5. The molecule has 6 aromatic carbocycles. The Morgan fingerprint density at radius 3 is 2.07 bits per heavy atom. The number of pyridine rings is 1. The summed E-state index contributed by atoms with van der Waals surface area (Å²) in [5.74, 6) is 2.09. The first-order valence-electron chi connectivity index (χ1n) is 20.0. The number of para-hydroxylation sites is 2. The number of aromatic nitrogens is 2. The van der Waals surface area contributed by atoms with E-state index in [1.165, 1.54) is 53.5 Å². The molecular weight excluding hydrogens is 924 g/mol. The molecule has 0 atom stereocenters. The average Bonchev–Trinajstić information content (AvgIpc) is 3.87. The molecule has 0 spiro atoms. The fraction of sp³-hybridized carbons (Fsp3) is 0.192. The average molecular weight is 969 g/mol. The quantitative estimate of drug-likeness (QED) is 0.161. The zero-order valence-corrected chi connectivity index (χ0v) is 37.6. The molecule has 4 heterocycles. The second kappa shape index (κ2) is 14.4. The van der Waals surface area contributed by atoms with Crippen LogP contribution in [0.25, 0.3) is 47.8 Å². The Balaban J connectivity index is 0.00000449. The van der Waals surface area contributed by atoms with Crippen molar-refractivity contribution in [2.24, 2.45) is 0 Å². The minimum absolute atomic E-state index is 0. The molecule has 5 nitrogen and oxygen atoms in total. The molecule has 0 radical (unpaired) electrons. The zero-order chi connectivity index (χ0) is 40.1. The Hall–Kier alpha value is -5.42. The second-order valence-electron chi connectivity index (χ2n) is 17.6. The molecule has 0 amide bonds. The van der Waals surface area contributed by atoms with Crippen molar-refractivity contribution in [3.05, 3.63) is 163 Å². The summed E-state index contributed by atoms with van der Waals surface area (Å²) in [5.41, 5.74) is 11.4. The van der Waals surface area contributed by atoms with Crippen molar-refractivity contribution in [2.75, 3.05) is 9.80 Å². The van der Waals surface area contributed by atoms with Gasteiger partial charge in [-0.2, -0.15) is 12.1 Å². The molecule has 0 saturated carbocycles. The molecule has 9 aromatic rings. The van der Waals surface area contributed by atoms with Crippen molar-refractivity contribution in [1.82, 2.24) is 9.55 Å². The monoisotopic (exact) mass is 968 g/mol. The molecular formula is C52H45N4OPtS-3. The normalized spacial score (nSPS) is 13.2. The minimum atomic E-state index is -0.0348. The van der Waals surface area contributed by atoms with Gasteiger partial charge >= 0.3 is 0 Å². The number of fused-ring (bicyclic) bond motifs is 8. The van der Waals surface area contributed by atoms with E-state index in [-0.39, 0.29) is 31.9 Å². The third kappa shape index (κ3) is 6.62. The van der Waals surface area contributed by atoms with Crippen molar-refractivity contribution in [2.45, 2.75) is 66.2 Å². The van der Waals surface area contributed by atoms with E-state index in [2.05, 4.69) is 186 Å². The van der Waals surface area contributed by atoms with E-state index in [1.807, 2.05) is 35.7 Å². The van der Waals surface area contributed by atoms with Crippen LogP contribution in [-0.4, -0.2) is 9.55 Å². The maximum atomic E-state index is 6.67. The van der Waals surface area contributed by atoms with Gasteiger partial charge in [-0.3, -0.25) is 0 Å².